The highest BCUT2D eigenvalue weighted by atomic mass is 35.5. The van der Waals surface area contributed by atoms with Gasteiger partial charge in [-0.25, -0.2) is 0 Å². The molecule has 0 aliphatic heterocycles. The van der Waals surface area contributed by atoms with Crippen molar-refractivity contribution in [2.75, 3.05) is 11.1 Å². The van der Waals surface area contributed by atoms with Crippen molar-refractivity contribution in [2.24, 2.45) is 7.05 Å². The van der Waals surface area contributed by atoms with Crippen molar-refractivity contribution in [3.8, 4) is 0 Å². The summed E-state index contributed by atoms with van der Waals surface area (Å²) in [5.41, 5.74) is 4.45. The van der Waals surface area contributed by atoms with Crippen molar-refractivity contribution in [3.63, 3.8) is 0 Å². The van der Waals surface area contributed by atoms with Crippen molar-refractivity contribution < 1.29 is 9.59 Å². The second kappa shape index (κ2) is 10.4. The van der Waals surface area contributed by atoms with E-state index in [1.54, 1.807) is 23.7 Å². The van der Waals surface area contributed by atoms with Gasteiger partial charge in [0.1, 0.15) is 0 Å². The largest absolute Gasteiger partial charge is 0.345 e. The number of aromatic nitrogens is 3. The predicted molar refractivity (Wildman–Crippen MR) is 129 cm³/mol. The average Bonchev–Trinajstić information content (AvgIpc) is 3.08. The number of carbonyl (C=O) groups excluding carboxylic acids is 2. The zero-order valence-corrected chi connectivity index (χ0v) is 20.5. The number of carbonyl (C=O) groups is 2. The molecule has 1 aromatic heterocycles. The number of amides is 2. The van der Waals surface area contributed by atoms with E-state index in [-0.39, 0.29) is 24.1 Å². The summed E-state index contributed by atoms with van der Waals surface area (Å²) in [5.74, 6) is 0.326. The number of hydrogen-bond donors (Lipinski definition) is 2. The molecule has 2 amide bonds. The molecule has 0 aliphatic rings. The first kappa shape index (κ1) is 24.1. The normalized spacial score (nSPS) is 10.8. The van der Waals surface area contributed by atoms with Crippen LogP contribution in [0.5, 0.6) is 0 Å². The molecule has 2 N–H and O–H groups in total. The maximum atomic E-state index is 12.5. The SMILES string of the molecule is Cc1cc(C)c(NC(=O)CSc2nnc(CNC(=O)c3ccc(Cl)c(Cl)c3)n2C)c(C)c1. The first-order valence-electron chi connectivity index (χ1n) is 9.77. The molecule has 1 heterocycles. The van der Waals surface area contributed by atoms with Gasteiger partial charge >= 0.3 is 0 Å². The molecule has 0 aliphatic carbocycles. The lowest BCUT2D eigenvalue weighted by Gasteiger charge is -2.12. The highest BCUT2D eigenvalue weighted by Gasteiger charge is 2.15. The Morgan fingerprint density at radius 1 is 1.03 bits per heavy atom. The fraction of sp³-hybridized carbons (Fsp3) is 0.273. The number of rotatable bonds is 7. The van der Waals surface area contributed by atoms with Gasteiger partial charge in [0.05, 0.1) is 22.3 Å². The summed E-state index contributed by atoms with van der Waals surface area (Å²) >= 11 is 13.1. The minimum atomic E-state index is -0.302. The average molecular weight is 492 g/mol. The minimum absolute atomic E-state index is 0.123. The van der Waals surface area contributed by atoms with E-state index < -0.39 is 0 Å². The van der Waals surface area contributed by atoms with Crippen LogP contribution >= 0.6 is 35.0 Å². The van der Waals surface area contributed by atoms with E-state index >= 15 is 0 Å². The molecular weight excluding hydrogens is 469 g/mol. The van der Waals surface area contributed by atoms with Crippen LogP contribution in [0.15, 0.2) is 35.5 Å². The molecule has 3 aromatic rings. The molecule has 0 saturated heterocycles. The lowest BCUT2D eigenvalue weighted by molar-refractivity contribution is -0.113. The lowest BCUT2D eigenvalue weighted by atomic mass is 10.1. The van der Waals surface area contributed by atoms with Gasteiger partial charge in [-0.05, 0) is 50.1 Å². The summed E-state index contributed by atoms with van der Waals surface area (Å²) in [6.45, 7) is 6.16. The van der Waals surface area contributed by atoms with E-state index in [1.807, 2.05) is 32.9 Å². The fourth-order valence-electron chi connectivity index (χ4n) is 3.21. The van der Waals surface area contributed by atoms with Crippen molar-refractivity contribution in [1.29, 1.82) is 0 Å². The van der Waals surface area contributed by atoms with Crippen LogP contribution in [0.1, 0.15) is 32.9 Å². The molecule has 0 radical (unpaired) electrons. The molecular formula is C22H23Cl2N5O2S. The minimum Gasteiger partial charge on any atom is -0.345 e. The molecule has 3 rings (SSSR count). The highest BCUT2D eigenvalue weighted by Crippen LogP contribution is 2.24. The lowest BCUT2D eigenvalue weighted by Crippen LogP contribution is -2.24. The molecule has 0 saturated carbocycles. The number of aryl methyl sites for hydroxylation is 3. The van der Waals surface area contributed by atoms with E-state index in [9.17, 15) is 9.59 Å². The van der Waals surface area contributed by atoms with Crippen LogP contribution in [0.25, 0.3) is 0 Å². The van der Waals surface area contributed by atoms with E-state index in [0.717, 1.165) is 22.4 Å². The van der Waals surface area contributed by atoms with Gasteiger partial charge in [0.15, 0.2) is 11.0 Å². The summed E-state index contributed by atoms with van der Waals surface area (Å²) in [6.07, 6.45) is 0. The Labute approximate surface area is 200 Å². The van der Waals surface area contributed by atoms with Crippen molar-refractivity contribution in [1.82, 2.24) is 20.1 Å². The second-order valence-electron chi connectivity index (χ2n) is 7.38. The smallest absolute Gasteiger partial charge is 0.251 e. The Morgan fingerprint density at radius 3 is 2.38 bits per heavy atom. The Kier molecular flexibility index (Phi) is 7.82. The van der Waals surface area contributed by atoms with Gasteiger partial charge in [-0.1, -0.05) is 52.7 Å². The van der Waals surface area contributed by atoms with Gasteiger partial charge < -0.3 is 15.2 Å². The van der Waals surface area contributed by atoms with Crippen LogP contribution in [0.3, 0.4) is 0 Å². The Hall–Kier alpha value is -2.55. The fourth-order valence-corrected chi connectivity index (χ4v) is 4.23. The molecule has 0 bridgehead atoms. The molecule has 0 spiro atoms. The van der Waals surface area contributed by atoms with Crippen molar-refractivity contribution in [3.05, 3.63) is 68.5 Å². The van der Waals surface area contributed by atoms with Gasteiger partial charge in [-0.3, -0.25) is 9.59 Å². The zero-order valence-electron chi connectivity index (χ0n) is 18.1. The Bertz CT molecular complexity index is 1160. The number of nitrogens with one attached hydrogen (secondary N) is 2. The Morgan fingerprint density at radius 2 is 1.72 bits per heavy atom. The van der Waals surface area contributed by atoms with Crippen LogP contribution in [0.2, 0.25) is 10.0 Å². The number of thioether (sulfide) groups is 1. The van der Waals surface area contributed by atoms with Crippen LogP contribution in [-0.4, -0.2) is 32.3 Å². The Balaban J connectivity index is 1.56. The number of halogens is 2. The zero-order chi connectivity index (χ0) is 23.4. The molecule has 168 valence electrons. The van der Waals surface area contributed by atoms with E-state index in [4.69, 9.17) is 23.2 Å². The van der Waals surface area contributed by atoms with Gasteiger partial charge in [0.2, 0.25) is 5.91 Å². The molecule has 7 nitrogen and oxygen atoms in total. The molecule has 0 fully saturated rings. The van der Waals surface area contributed by atoms with Crippen LogP contribution < -0.4 is 10.6 Å². The molecule has 0 atom stereocenters. The van der Waals surface area contributed by atoms with Crippen LogP contribution in [-0.2, 0) is 18.4 Å². The van der Waals surface area contributed by atoms with Crippen molar-refractivity contribution in [2.45, 2.75) is 32.5 Å². The monoisotopic (exact) mass is 491 g/mol. The van der Waals surface area contributed by atoms with Crippen LogP contribution in [0.4, 0.5) is 5.69 Å². The third kappa shape index (κ3) is 5.82. The van der Waals surface area contributed by atoms with E-state index in [2.05, 4.69) is 20.8 Å². The topological polar surface area (TPSA) is 88.9 Å². The first-order chi connectivity index (χ1) is 15.2. The van der Waals surface area contributed by atoms with Gasteiger partial charge in [0.25, 0.3) is 5.91 Å². The third-order valence-electron chi connectivity index (χ3n) is 4.79. The quantitative estimate of drug-likeness (QED) is 0.467. The van der Waals surface area contributed by atoms with Gasteiger partial charge in [-0.15, -0.1) is 10.2 Å². The maximum Gasteiger partial charge on any atom is 0.251 e. The standard InChI is InChI=1S/C22H23Cl2N5O2S/c1-12-7-13(2)20(14(3)8-12)26-19(30)11-32-22-28-27-18(29(22)4)10-25-21(31)15-5-6-16(23)17(24)9-15/h5-9H,10-11H2,1-4H3,(H,25,31)(H,26,30). The van der Waals surface area contributed by atoms with Crippen LogP contribution in [0, 0.1) is 20.8 Å². The number of nitrogens with zero attached hydrogens (tertiary/aromatic N) is 3. The molecule has 0 unspecified atom stereocenters. The van der Waals surface area contributed by atoms with Crippen molar-refractivity contribution >= 4 is 52.5 Å². The maximum absolute atomic E-state index is 12.5. The summed E-state index contributed by atoms with van der Waals surface area (Å²) in [7, 11) is 1.79. The van der Waals surface area contributed by atoms with E-state index in [0.29, 0.717) is 26.6 Å². The third-order valence-corrected chi connectivity index (χ3v) is 6.55. The first-order valence-corrected chi connectivity index (χ1v) is 11.5. The molecule has 10 heteroatoms. The van der Waals surface area contributed by atoms with E-state index in [1.165, 1.54) is 17.8 Å². The summed E-state index contributed by atoms with van der Waals surface area (Å²) in [4.78, 5) is 24.8. The highest BCUT2D eigenvalue weighted by molar-refractivity contribution is 7.99. The second-order valence-corrected chi connectivity index (χ2v) is 9.14. The summed E-state index contributed by atoms with van der Waals surface area (Å²) < 4.78 is 1.75. The summed E-state index contributed by atoms with van der Waals surface area (Å²) in [5, 5.41) is 15.3. The molecule has 2 aromatic carbocycles. The number of benzene rings is 2. The number of hydrogen-bond acceptors (Lipinski definition) is 5. The summed E-state index contributed by atoms with van der Waals surface area (Å²) in [6, 6.07) is 8.75. The number of anilines is 1. The molecule has 32 heavy (non-hydrogen) atoms. The van der Waals surface area contributed by atoms with Gasteiger partial charge in [0, 0.05) is 18.3 Å². The predicted octanol–water partition coefficient (Wildman–Crippen LogP) is 4.71. The van der Waals surface area contributed by atoms with Gasteiger partial charge in [-0.2, -0.15) is 0 Å².